The molecule has 2 unspecified atom stereocenters. The Morgan fingerprint density at radius 2 is 1.70 bits per heavy atom. The zero-order valence-electron chi connectivity index (χ0n) is 18.5. The van der Waals surface area contributed by atoms with Crippen LogP contribution >= 0.6 is 0 Å². The van der Waals surface area contributed by atoms with Crippen LogP contribution < -0.4 is 11.1 Å². The van der Waals surface area contributed by atoms with Gasteiger partial charge in [0.2, 0.25) is 5.91 Å². The predicted molar refractivity (Wildman–Crippen MR) is 110 cm³/mol. The first-order valence-electron chi connectivity index (χ1n) is 10.1. The van der Waals surface area contributed by atoms with Crippen molar-refractivity contribution in [3.63, 3.8) is 0 Å². The molecule has 0 aliphatic heterocycles. The molecule has 30 heavy (non-hydrogen) atoms. The van der Waals surface area contributed by atoms with Gasteiger partial charge in [-0.05, 0) is 70.4 Å². The van der Waals surface area contributed by atoms with E-state index in [0.717, 1.165) is 19.8 Å². The van der Waals surface area contributed by atoms with E-state index in [0.29, 0.717) is 23.1 Å². The molecule has 0 spiro atoms. The Balaban J connectivity index is 3.07. The van der Waals surface area contributed by atoms with Crippen LogP contribution in [0.25, 0.3) is 0 Å². The Labute approximate surface area is 176 Å². The average Bonchev–Trinajstić information content (AvgIpc) is 3.40. The van der Waals surface area contributed by atoms with Gasteiger partial charge in [0.05, 0.1) is 5.76 Å². The molecule has 0 heterocycles. The number of alkyl halides is 3. The van der Waals surface area contributed by atoms with Crippen LogP contribution in [-0.2, 0) is 14.3 Å². The number of nitrogens with one attached hydrogen (secondary N) is 1. The fourth-order valence-electron chi connectivity index (χ4n) is 2.93. The summed E-state index contributed by atoms with van der Waals surface area (Å²) in [4.78, 5) is 24.4. The van der Waals surface area contributed by atoms with Crippen LogP contribution in [0.2, 0.25) is 0 Å². The van der Waals surface area contributed by atoms with Crippen LogP contribution in [0, 0.1) is 11.8 Å². The van der Waals surface area contributed by atoms with Gasteiger partial charge in [-0.3, -0.25) is 9.59 Å². The lowest BCUT2D eigenvalue weighted by Gasteiger charge is -2.20. The van der Waals surface area contributed by atoms with Crippen molar-refractivity contribution in [2.75, 3.05) is 0 Å². The van der Waals surface area contributed by atoms with Crippen molar-refractivity contribution in [3.05, 3.63) is 34.6 Å². The number of ether oxygens (including phenoxy) is 1. The molecule has 1 saturated carbocycles. The molecule has 1 fully saturated rings. The summed E-state index contributed by atoms with van der Waals surface area (Å²) in [6, 6.07) is -0.795. The maximum atomic E-state index is 12.8. The van der Waals surface area contributed by atoms with Gasteiger partial charge in [-0.1, -0.05) is 25.5 Å². The van der Waals surface area contributed by atoms with Gasteiger partial charge in [-0.25, -0.2) is 0 Å². The number of amides is 2. The summed E-state index contributed by atoms with van der Waals surface area (Å²) >= 11 is 0. The SMILES string of the molecule is CC(C)=C(/C=C\C(=C(/C)OC(C)C(F)(F)F)C1CC1)C(=O)NC(CC(C)C)C(N)=O. The van der Waals surface area contributed by atoms with Crippen molar-refractivity contribution in [2.24, 2.45) is 17.6 Å². The van der Waals surface area contributed by atoms with Gasteiger partial charge in [0.1, 0.15) is 6.04 Å². The third-order valence-electron chi connectivity index (χ3n) is 4.81. The summed E-state index contributed by atoms with van der Waals surface area (Å²) in [5.74, 6) is -0.594. The van der Waals surface area contributed by atoms with E-state index in [2.05, 4.69) is 5.32 Å². The van der Waals surface area contributed by atoms with Gasteiger partial charge in [-0.15, -0.1) is 0 Å². The van der Waals surface area contributed by atoms with Gasteiger partial charge in [0.15, 0.2) is 6.10 Å². The second-order valence-corrected chi connectivity index (χ2v) is 8.39. The van der Waals surface area contributed by atoms with E-state index in [1.807, 2.05) is 13.8 Å². The van der Waals surface area contributed by atoms with Gasteiger partial charge in [0.25, 0.3) is 5.91 Å². The number of allylic oxidation sites excluding steroid dienone is 4. The van der Waals surface area contributed by atoms with Crippen molar-refractivity contribution in [1.29, 1.82) is 0 Å². The van der Waals surface area contributed by atoms with E-state index in [-0.39, 0.29) is 17.6 Å². The van der Waals surface area contributed by atoms with Gasteiger partial charge in [0, 0.05) is 5.57 Å². The molecular formula is C22H33F3N2O3. The monoisotopic (exact) mass is 430 g/mol. The quantitative estimate of drug-likeness (QED) is 0.303. The smallest absolute Gasteiger partial charge is 0.425 e. The second-order valence-electron chi connectivity index (χ2n) is 8.39. The number of hydrogen-bond donors (Lipinski definition) is 2. The maximum absolute atomic E-state index is 12.8. The number of halogens is 3. The second kappa shape index (κ2) is 10.7. The van der Waals surface area contributed by atoms with Crippen LogP contribution in [0.3, 0.4) is 0 Å². The molecule has 2 atom stereocenters. The molecule has 0 aromatic heterocycles. The Kier molecular flexibility index (Phi) is 9.18. The molecule has 0 radical (unpaired) electrons. The van der Waals surface area contributed by atoms with Crippen LogP contribution in [-0.4, -0.2) is 30.1 Å². The lowest BCUT2D eigenvalue weighted by Crippen LogP contribution is -2.45. The summed E-state index contributed by atoms with van der Waals surface area (Å²) in [7, 11) is 0. The number of primary amides is 1. The fourth-order valence-corrected chi connectivity index (χ4v) is 2.93. The van der Waals surface area contributed by atoms with Crippen LogP contribution in [0.1, 0.15) is 60.8 Å². The number of hydrogen-bond acceptors (Lipinski definition) is 3. The van der Waals surface area contributed by atoms with E-state index in [9.17, 15) is 22.8 Å². The highest BCUT2D eigenvalue weighted by molar-refractivity contribution is 5.99. The minimum Gasteiger partial charge on any atom is -0.486 e. The minimum atomic E-state index is -4.45. The number of nitrogens with two attached hydrogens (primary N) is 1. The number of carbonyl (C=O) groups is 2. The van der Waals surface area contributed by atoms with Gasteiger partial charge < -0.3 is 15.8 Å². The molecule has 3 N–H and O–H groups in total. The molecule has 1 aliphatic carbocycles. The molecule has 8 heteroatoms. The normalized spacial score (nSPS) is 17.4. The topological polar surface area (TPSA) is 81.4 Å². The molecule has 0 aromatic rings. The molecule has 0 bridgehead atoms. The van der Waals surface area contributed by atoms with Crippen molar-refractivity contribution in [2.45, 2.75) is 79.1 Å². The zero-order valence-corrected chi connectivity index (χ0v) is 18.5. The molecule has 170 valence electrons. The van der Waals surface area contributed by atoms with Crippen molar-refractivity contribution in [1.82, 2.24) is 5.32 Å². The summed E-state index contributed by atoms with van der Waals surface area (Å²) in [6.07, 6.45) is -1.04. The molecule has 1 aliphatic rings. The Hall–Kier alpha value is -2.25. The Bertz CT molecular complexity index is 728. The number of carbonyl (C=O) groups excluding carboxylic acids is 2. The van der Waals surface area contributed by atoms with E-state index in [1.54, 1.807) is 26.0 Å². The lowest BCUT2D eigenvalue weighted by atomic mass is 10.0. The molecule has 1 rings (SSSR count). The fraction of sp³-hybridized carbons (Fsp3) is 0.636. The number of rotatable bonds is 10. The molecule has 0 saturated heterocycles. The third-order valence-corrected chi connectivity index (χ3v) is 4.81. The molecule has 2 amide bonds. The molecule has 0 aromatic carbocycles. The standard InChI is InChI=1S/C22H33F3N2O3/c1-12(2)11-19(20(26)28)27-21(29)17(13(3)4)9-10-18(16-7-8-16)14(5)30-15(6)22(23,24)25/h9-10,12,15-16,19H,7-8,11H2,1-6H3,(H2,26,28)(H,27,29)/b10-9-,18-14-. The van der Waals surface area contributed by atoms with Gasteiger partial charge >= 0.3 is 6.18 Å². The highest BCUT2D eigenvalue weighted by Crippen LogP contribution is 2.40. The van der Waals surface area contributed by atoms with Crippen LogP contribution in [0.5, 0.6) is 0 Å². The third kappa shape index (κ3) is 8.24. The average molecular weight is 431 g/mol. The minimum absolute atomic E-state index is 0.113. The van der Waals surface area contributed by atoms with Crippen molar-refractivity contribution >= 4 is 11.8 Å². The Morgan fingerprint density at radius 3 is 2.10 bits per heavy atom. The van der Waals surface area contributed by atoms with E-state index in [4.69, 9.17) is 10.5 Å². The van der Waals surface area contributed by atoms with Crippen LogP contribution in [0.15, 0.2) is 34.6 Å². The zero-order chi connectivity index (χ0) is 23.2. The predicted octanol–water partition coefficient (Wildman–Crippen LogP) is 4.55. The van der Waals surface area contributed by atoms with E-state index >= 15 is 0 Å². The summed E-state index contributed by atoms with van der Waals surface area (Å²) in [5.41, 5.74) is 7.08. The summed E-state index contributed by atoms with van der Waals surface area (Å²) in [6.45, 7) is 9.80. The summed E-state index contributed by atoms with van der Waals surface area (Å²) < 4.78 is 43.6. The Morgan fingerprint density at radius 1 is 1.13 bits per heavy atom. The van der Waals surface area contributed by atoms with Crippen molar-refractivity contribution in [3.8, 4) is 0 Å². The van der Waals surface area contributed by atoms with Gasteiger partial charge in [-0.2, -0.15) is 13.2 Å². The maximum Gasteiger partial charge on any atom is 0.425 e. The summed E-state index contributed by atoms with van der Waals surface area (Å²) in [5, 5.41) is 2.66. The van der Waals surface area contributed by atoms with Crippen molar-refractivity contribution < 1.29 is 27.5 Å². The first kappa shape index (κ1) is 25.8. The van der Waals surface area contributed by atoms with E-state index in [1.165, 1.54) is 6.92 Å². The van der Waals surface area contributed by atoms with E-state index < -0.39 is 30.1 Å². The molecule has 5 nitrogen and oxygen atoms in total. The highest BCUT2D eigenvalue weighted by atomic mass is 19.4. The first-order valence-corrected chi connectivity index (χ1v) is 10.1. The molecular weight excluding hydrogens is 397 g/mol. The largest absolute Gasteiger partial charge is 0.486 e. The first-order chi connectivity index (χ1) is 13.7. The van der Waals surface area contributed by atoms with Crippen LogP contribution in [0.4, 0.5) is 13.2 Å². The highest BCUT2D eigenvalue weighted by Gasteiger charge is 2.39. The lowest BCUT2D eigenvalue weighted by molar-refractivity contribution is -0.203.